The SMILES string of the molecule is CCN(CC)c1ccc2c(c1)N=C1N=C(N3CCCCC3)N=C(N3CCOCC3)N1C2(c1ccc(N(C)C)cc1)c1ccc(N(C)C)cc1. The van der Waals surface area contributed by atoms with E-state index in [-0.39, 0.29) is 0 Å². The molecule has 3 aromatic carbocycles. The molecule has 2 fully saturated rings. The van der Waals surface area contributed by atoms with Crippen molar-refractivity contribution in [3.63, 3.8) is 0 Å². The maximum atomic E-state index is 5.88. The first kappa shape index (κ1) is 33.0. The molecule has 0 unspecified atom stereocenters. The molecule has 0 saturated carbocycles. The van der Waals surface area contributed by atoms with Gasteiger partial charge in [0.15, 0.2) is 0 Å². The predicted molar refractivity (Wildman–Crippen MR) is 203 cm³/mol. The van der Waals surface area contributed by atoms with Crippen LogP contribution in [0.2, 0.25) is 0 Å². The Morgan fingerprint density at radius 2 is 1.20 bits per heavy atom. The lowest BCUT2D eigenvalue weighted by Crippen LogP contribution is -2.62. The van der Waals surface area contributed by atoms with E-state index in [1.54, 1.807) is 0 Å². The lowest BCUT2D eigenvalue weighted by molar-refractivity contribution is 0.0621. The molecule has 0 atom stereocenters. The smallest absolute Gasteiger partial charge is 0.237 e. The molecule has 4 aliphatic heterocycles. The summed E-state index contributed by atoms with van der Waals surface area (Å²) in [5.41, 5.74) is 6.98. The molecule has 0 spiro atoms. The van der Waals surface area contributed by atoms with Gasteiger partial charge in [-0.25, -0.2) is 4.99 Å². The van der Waals surface area contributed by atoms with Crippen LogP contribution in [0, 0.1) is 0 Å². The molecular formula is C39H51N9O. The van der Waals surface area contributed by atoms with Crippen molar-refractivity contribution < 1.29 is 4.74 Å². The standard InChI is InChI=1S/C39H51N9O/c1-7-45(8-2)33-20-21-34-35(28-33)40-37-41-36(46-22-10-9-11-23-46)42-38(47-24-26-49-27-25-47)48(37)39(34,29-12-16-31(17-13-29)43(3)4)30-14-18-32(19-15-30)44(5)6/h12-21,28H,7-11,22-27H2,1-6H3. The fourth-order valence-corrected chi connectivity index (χ4v) is 7.65. The van der Waals surface area contributed by atoms with E-state index in [1.807, 2.05) is 0 Å². The van der Waals surface area contributed by atoms with Gasteiger partial charge in [0.25, 0.3) is 0 Å². The van der Waals surface area contributed by atoms with E-state index in [4.69, 9.17) is 19.7 Å². The molecule has 0 amide bonds. The predicted octanol–water partition coefficient (Wildman–Crippen LogP) is 5.80. The van der Waals surface area contributed by atoms with Gasteiger partial charge < -0.3 is 29.2 Å². The van der Waals surface area contributed by atoms with E-state index in [1.165, 1.54) is 12.1 Å². The number of anilines is 3. The summed E-state index contributed by atoms with van der Waals surface area (Å²) < 4.78 is 5.88. The number of likely N-dealkylation sites (tertiary alicyclic amines) is 1. The number of aliphatic imine (C=N–C) groups is 3. The second-order valence-electron chi connectivity index (χ2n) is 13.7. The molecule has 0 bridgehead atoms. The molecule has 0 aromatic heterocycles. The number of rotatable bonds is 7. The number of piperidine rings is 1. The summed E-state index contributed by atoms with van der Waals surface area (Å²) in [4.78, 5) is 30.1. The van der Waals surface area contributed by atoms with Gasteiger partial charge in [-0.1, -0.05) is 30.3 Å². The van der Waals surface area contributed by atoms with Crippen LogP contribution in [0.1, 0.15) is 49.8 Å². The van der Waals surface area contributed by atoms with E-state index in [9.17, 15) is 0 Å². The minimum Gasteiger partial charge on any atom is -0.378 e. The van der Waals surface area contributed by atoms with Crippen molar-refractivity contribution in [2.24, 2.45) is 15.0 Å². The van der Waals surface area contributed by atoms with Crippen LogP contribution in [0.25, 0.3) is 0 Å². The Hall–Kier alpha value is -4.57. The number of hydrogen-bond donors (Lipinski definition) is 0. The van der Waals surface area contributed by atoms with Gasteiger partial charge in [-0.15, -0.1) is 0 Å². The second-order valence-corrected chi connectivity index (χ2v) is 13.7. The topological polar surface area (TPSA) is 65.8 Å². The first-order valence-corrected chi connectivity index (χ1v) is 17.9. The Bertz CT molecular complexity index is 1660. The highest BCUT2D eigenvalue weighted by Crippen LogP contribution is 2.51. The maximum absolute atomic E-state index is 5.88. The minimum absolute atomic E-state index is 0.654. The average Bonchev–Trinajstić information content (AvgIpc) is 3.14. The summed E-state index contributed by atoms with van der Waals surface area (Å²) in [5.74, 6) is 2.32. The molecule has 10 nitrogen and oxygen atoms in total. The molecule has 49 heavy (non-hydrogen) atoms. The number of morpholine rings is 1. The van der Waals surface area contributed by atoms with E-state index >= 15 is 0 Å². The van der Waals surface area contributed by atoms with Crippen molar-refractivity contribution in [1.29, 1.82) is 0 Å². The Labute approximate surface area is 292 Å². The van der Waals surface area contributed by atoms with Crippen molar-refractivity contribution in [2.75, 3.05) is 95.4 Å². The third-order valence-electron chi connectivity index (χ3n) is 10.4. The molecule has 2 saturated heterocycles. The number of nitrogens with zero attached hydrogens (tertiary/aromatic N) is 9. The zero-order valence-electron chi connectivity index (χ0n) is 30.1. The summed E-state index contributed by atoms with van der Waals surface area (Å²) in [6, 6.07) is 24.8. The van der Waals surface area contributed by atoms with E-state index in [2.05, 4.69) is 138 Å². The van der Waals surface area contributed by atoms with Gasteiger partial charge in [-0.2, -0.15) is 9.98 Å². The third-order valence-corrected chi connectivity index (χ3v) is 10.4. The molecule has 4 aliphatic rings. The molecule has 4 heterocycles. The van der Waals surface area contributed by atoms with Crippen LogP contribution in [0.5, 0.6) is 0 Å². The number of fused-ring (bicyclic) bond motifs is 2. The zero-order valence-corrected chi connectivity index (χ0v) is 30.1. The summed E-state index contributed by atoms with van der Waals surface area (Å²) >= 11 is 0. The minimum atomic E-state index is -0.808. The largest absolute Gasteiger partial charge is 0.378 e. The van der Waals surface area contributed by atoms with Crippen molar-refractivity contribution in [3.05, 3.63) is 83.4 Å². The fourth-order valence-electron chi connectivity index (χ4n) is 7.65. The highest BCUT2D eigenvalue weighted by molar-refractivity contribution is 6.14. The number of benzene rings is 3. The van der Waals surface area contributed by atoms with Gasteiger partial charge in [-0.05, 0) is 80.6 Å². The van der Waals surface area contributed by atoms with E-state index in [0.29, 0.717) is 19.2 Å². The van der Waals surface area contributed by atoms with Crippen molar-refractivity contribution >= 4 is 40.6 Å². The highest BCUT2D eigenvalue weighted by atomic mass is 16.5. The van der Waals surface area contributed by atoms with Crippen LogP contribution in [0.4, 0.5) is 22.7 Å². The zero-order chi connectivity index (χ0) is 34.1. The van der Waals surface area contributed by atoms with Crippen molar-refractivity contribution in [3.8, 4) is 0 Å². The van der Waals surface area contributed by atoms with Crippen molar-refractivity contribution in [1.82, 2.24) is 14.7 Å². The molecule has 3 aromatic rings. The number of ether oxygens (including phenoxy) is 1. The van der Waals surface area contributed by atoms with Gasteiger partial charge in [0.2, 0.25) is 17.9 Å². The van der Waals surface area contributed by atoms with Gasteiger partial charge in [0, 0.05) is 90.1 Å². The summed E-state index contributed by atoms with van der Waals surface area (Å²) in [7, 11) is 8.35. The summed E-state index contributed by atoms with van der Waals surface area (Å²) in [5, 5.41) is 0. The van der Waals surface area contributed by atoms with Crippen LogP contribution in [-0.2, 0) is 10.3 Å². The monoisotopic (exact) mass is 661 g/mol. The number of hydrogen-bond acceptors (Lipinski definition) is 10. The highest BCUT2D eigenvalue weighted by Gasteiger charge is 2.52. The lowest BCUT2D eigenvalue weighted by Gasteiger charge is -2.51. The van der Waals surface area contributed by atoms with Crippen molar-refractivity contribution in [2.45, 2.75) is 38.6 Å². The second kappa shape index (κ2) is 13.7. The number of guanidine groups is 3. The normalized spacial score (nSPS) is 18.6. The maximum Gasteiger partial charge on any atom is 0.237 e. The molecule has 10 heteroatoms. The molecule has 0 radical (unpaired) electrons. The quantitative estimate of drug-likeness (QED) is 0.317. The van der Waals surface area contributed by atoms with E-state index < -0.39 is 5.54 Å². The summed E-state index contributed by atoms with van der Waals surface area (Å²) in [6.45, 7) is 11.0. The molecule has 258 valence electrons. The lowest BCUT2D eigenvalue weighted by atomic mass is 9.74. The van der Waals surface area contributed by atoms with Gasteiger partial charge >= 0.3 is 0 Å². The Kier molecular flexibility index (Phi) is 9.24. The molecule has 0 N–H and O–H groups in total. The van der Waals surface area contributed by atoms with Crippen LogP contribution in [0.3, 0.4) is 0 Å². The molecule has 7 rings (SSSR count). The van der Waals surface area contributed by atoms with Crippen LogP contribution < -0.4 is 14.7 Å². The summed E-state index contributed by atoms with van der Waals surface area (Å²) in [6.07, 6.45) is 3.54. The third kappa shape index (κ3) is 5.90. The fraction of sp³-hybridized carbons (Fsp3) is 0.462. The average molecular weight is 662 g/mol. The Morgan fingerprint density at radius 3 is 1.76 bits per heavy atom. The Balaban J connectivity index is 1.54. The Morgan fingerprint density at radius 1 is 0.633 bits per heavy atom. The molecule has 0 aliphatic carbocycles. The first-order valence-electron chi connectivity index (χ1n) is 17.9. The van der Waals surface area contributed by atoms with Crippen LogP contribution >= 0.6 is 0 Å². The van der Waals surface area contributed by atoms with E-state index in [0.717, 1.165) is 97.8 Å². The van der Waals surface area contributed by atoms with Gasteiger partial charge in [0.1, 0.15) is 5.54 Å². The van der Waals surface area contributed by atoms with Crippen LogP contribution in [0.15, 0.2) is 81.7 Å². The first-order chi connectivity index (χ1) is 23.8. The van der Waals surface area contributed by atoms with Gasteiger partial charge in [0.05, 0.1) is 18.9 Å². The van der Waals surface area contributed by atoms with Gasteiger partial charge in [-0.3, -0.25) is 4.90 Å². The molecular weight excluding hydrogens is 610 g/mol. The van der Waals surface area contributed by atoms with Crippen LogP contribution in [-0.4, -0.2) is 113 Å².